The predicted molar refractivity (Wildman–Crippen MR) is 134 cm³/mol. The molecule has 170 valence electrons. The maximum atomic E-state index is 13.1. The second-order valence-corrected chi connectivity index (χ2v) is 8.14. The molecular weight excluding hydrogens is 452 g/mol. The summed E-state index contributed by atoms with van der Waals surface area (Å²) in [6.07, 6.45) is 0. The molecule has 34 heavy (non-hydrogen) atoms. The molecular formula is C26H21ClN4O3. The summed E-state index contributed by atoms with van der Waals surface area (Å²) in [6, 6.07) is 23.2. The van der Waals surface area contributed by atoms with Crippen LogP contribution < -0.4 is 15.6 Å². The Balaban J connectivity index is 1.55. The van der Waals surface area contributed by atoms with Crippen molar-refractivity contribution in [2.24, 2.45) is 0 Å². The summed E-state index contributed by atoms with van der Waals surface area (Å²) in [7, 11) is 0. The molecule has 0 atom stereocenters. The number of fused-ring (bicyclic) bond motifs is 3. The first-order valence-corrected chi connectivity index (χ1v) is 11.2. The number of para-hydroxylation sites is 2. The molecule has 0 saturated heterocycles. The van der Waals surface area contributed by atoms with Crippen LogP contribution in [-0.4, -0.2) is 26.5 Å². The van der Waals surface area contributed by atoms with Gasteiger partial charge in [-0.15, -0.1) is 0 Å². The highest BCUT2D eigenvalue weighted by Crippen LogP contribution is 2.23. The Labute approximate surface area is 200 Å². The van der Waals surface area contributed by atoms with E-state index in [-0.39, 0.29) is 18.0 Å². The van der Waals surface area contributed by atoms with Gasteiger partial charge in [-0.1, -0.05) is 35.9 Å². The number of imidazole rings is 1. The molecule has 1 N–H and O–H groups in total. The maximum Gasteiger partial charge on any atom is 0.260 e. The van der Waals surface area contributed by atoms with Gasteiger partial charge in [0.25, 0.3) is 5.56 Å². The van der Waals surface area contributed by atoms with Crippen LogP contribution in [0.25, 0.3) is 28.1 Å². The van der Waals surface area contributed by atoms with Gasteiger partial charge in [-0.05, 0) is 55.5 Å². The van der Waals surface area contributed by atoms with Gasteiger partial charge in [0, 0.05) is 22.3 Å². The molecule has 0 radical (unpaired) electrons. The molecule has 8 heteroatoms. The van der Waals surface area contributed by atoms with Gasteiger partial charge in [0.15, 0.2) is 0 Å². The summed E-state index contributed by atoms with van der Waals surface area (Å²) in [4.78, 5) is 30.8. The minimum atomic E-state index is -0.237. The zero-order valence-corrected chi connectivity index (χ0v) is 19.1. The van der Waals surface area contributed by atoms with E-state index in [9.17, 15) is 9.59 Å². The quantitative estimate of drug-likeness (QED) is 0.377. The highest BCUT2D eigenvalue weighted by atomic mass is 35.5. The van der Waals surface area contributed by atoms with E-state index in [1.54, 1.807) is 41.0 Å². The van der Waals surface area contributed by atoms with Crippen LogP contribution in [0, 0.1) is 0 Å². The lowest BCUT2D eigenvalue weighted by molar-refractivity contribution is -0.116. The van der Waals surface area contributed by atoms with Gasteiger partial charge in [-0.2, -0.15) is 0 Å². The number of hydrogen-bond acceptors (Lipinski definition) is 4. The van der Waals surface area contributed by atoms with E-state index >= 15 is 0 Å². The molecule has 0 fully saturated rings. The molecule has 0 bridgehead atoms. The average molecular weight is 473 g/mol. The van der Waals surface area contributed by atoms with Crippen molar-refractivity contribution in [1.29, 1.82) is 0 Å². The molecule has 3 aromatic carbocycles. The third kappa shape index (κ3) is 4.13. The van der Waals surface area contributed by atoms with E-state index < -0.39 is 0 Å². The van der Waals surface area contributed by atoms with Gasteiger partial charge in [0.05, 0.1) is 23.3 Å². The number of benzene rings is 3. The predicted octanol–water partition coefficient (Wildman–Crippen LogP) is 5.01. The Hall–Kier alpha value is -4.10. The van der Waals surface area contributed by atoms with Gasteiger partial charge in [-0.25, -0.2) is 9.38 Å². The smallest absolute Gasteiger partial charge is 0.260 e. The second kappa shape index (κ2) is 9.03. The Morgan fingerprint density at radius 3 is 2.41 bits per heavy atom. The van der Waals surface area contributed by atoms with E-state index in [0.717, 1.165) is 16.8 Å². The summed E-state index contributed by atoms with van der Waals surface area (Å²) in [5.74, 6) is 0.889. The number of nitrogens with zero attached hydrogens (tertiary/aromatic N) is 3. The molecule has 0 aliphatic heterocycles. The average Bonchev–Trinajstić information content (AvgIpc) is 3.15. The SMILES string of the molecule is CCOc1ccc(NC(=O)Cn2c3ccccc3n3c(=O)cc(-c4ccc(Cl)cc4)nc23)cc1. The summed E-state index contributed by atoms with van der Waals surface area (Å²) >= 11 is 6.01. The van der Waals surface area contributed by atoms with Crippen molar-refractivity contribution in [3.05, 3.63) is 94.2 Å². The van der Waals surface area contributed by atoms with Gasteiger partial charge in [0.2, 0.25) is 11.7 Å². The first kappa shape index (κ1) is 21.7. The molecule has 0 unspecified atom stereocenters. The van der Waals surface area contributed by atoms with Crippen LogP contribution >= 0.6 is 11.6 Å². The van der Waals surface area contributed by atoms with Gasteiger partial charge in [0.1, 0.15) is 12.3 Å². The molecule has 0 saturated carbocycles. The third-order valence-electron chi connectivity index (χ3n) is 5.45. The van der Waals surface area contributed by atoms with Gasteiger partial charge >= 0.3 is 0 Å². The number of amides is 1. The van der Waals surface area contributed by atoms with Gasteiger partial charge in [-0.3, -0.25) is 9.59 Å². The van der Waals surface area contributed by atoms with Crippen LogP contribution in [0.1, 0.15) is 6.92 Å². The van der Waals surface area contributed by atoms with E-state index in [1.807, 2.05) is 43.3 Å². The number of nitrogens with one attached hydrogen (secondary N) is 1. The van der Waals surface area contributed by atoms with Crippen molar-refractivity contribution < 1.29 is 9.53 Å². The zero-order valence-electron chi connectivity index (χ0n) is 18.4. The van der Waals surface area contributed by atoms with Crippen molar-refractivity contribution in [2.45, 2.75) is 13.5 Å². The Bertz CT molecular complexity index is 1550. The lowest BCUT2D eigenvalue weighted by Crippen LogP contribution is -2.20. The number of carbonyl (C=O) groups excluding carboxylic acids is 1. The van der Waals surface area contributed by atoms with Crippen LogP contribution in [0.5, 0.6) is 5.75 Å². The van der Waals surface area contributed by atoms with Crippen LogP contribution in [0.3, 0.4) is 0 Å². The first-order valence-electron chi connectivity index (χ1n) is 10.8. The Morgan fingerprint density at radius 1 is 1.00 bits per heavy atom. The fourth-order valence-electron chi connectivity index (χ4n) is 3.94. The number of anilines is 1. The number of carbonyl (C=O) groups is 1. The van der Waals surface area contributed by atoms with Crippen molar-refractivity contribution in [3.63, 3.8) is 0 Å². The third-order valence-corrected chi connectivity index (χ3v) is 5.70. The van der Waals surface area contributed by atoms with Crippen molar-refractivity contribution in [2.75, 3.05) is 11.9 Å². The van der Waals surface area contributed by atoms with Crippen LogP contribution in [0.2, 0.25) is 5.02 Å². The maximum absolute atomic E-state index is 13.1. The lowest BCUT2D eigenvalue weighted by atomic mass is 10.1. The molecule has 1 amide bonds. The van der Waals surface area contributed by atoms with E-state index in [4.69, 9.17) is 21.3 Å². The van der Waals surface area contributed by atoms with Crippen molar-refractivity contribution in [3.8, 4) is 17.0 Å². The molecule has 0 aliphatic carbocycles. The first-order chi connectivity index (χ1) is 16.5. The number of aromatic nitrogens is 3. The highest BCUT2D eigenvalue weighted by Gasteiger charge is 2.17. The number of rotatable bonds is 6. The minimum Gasteiger partial charge on any atom is -0.494 e. The monoisotopic (exact) mass is 472 g/mol. The molecule has 7 nitrogen and oxygen atoms in total. The minimum absolute atomic E-state index is 0.0132. The summed E-state index contributed by atoms with van der Waals surface area (Å²) < 4.78 is 8.72. The Morgan fingerprint density at radius 2 is 1.71 bits per heavy atom. The topological polar surface area (TPSA) is 77.6 Å². The second-order valence-electron chi connectivity index (χ2n) is 7.70. The van der Waals surface area contributed by atoms with Crippen LogP contribution in [0.4, 0.5) is 5.69 Å². The summed E-state index contributed by atoms with van der Waals surface area (Å²) in [6.45, 7) is 2.48. The standard InChI is InChI=1S/C26H21ClN4O3/c1-2-34-20-13-11-19(12-14-20)28-24(32)16-30-22-5-3-4-6-23(22)31-25(33)15-21(29-26(30)31)17-7-9-18(27)10-8-17/h3-15H,2,16H2,1H3,(H,28,32). The van der Waals surface area contributed by atoms with Crippen molar-refractivity contribution in [1.82, 2.24) is 14.0 Å². The lowest BCUT2D eigenvalue weighted by Gasteiger charge is -2.09. The molecule has 0 spiro atoms. The number of halogens is 1. The van der Waals surface area contributed by atoms with E-state index in [2.05, 4.69) is 5.32 Å². The van der Waals surface area contributed by atoms with E-state index in [1.165, 1.54) is 10.5 Å². The molecule has 2 aromatic heterocycles. The van der Waals surface area contributed by atoms with Crippen LogP contribution in [0.15, 0.2) is 83.7 Å². The number of ether oxygens (including phenoxy) is 1. The highest BCUT2D eigenvalue weighted by molar-refractivity contribution is 6.30. The molecule has 2 heterocycles. The summed E-state index contributed by atoms with van der Waals surface area (Å²) in [5.41, 5.74) is 3.13. The van der Waals surface area contributed by atoms with Crippen molar-refractivity contribution >= 4 is 40.0 Å². The Kier molecular flexibility index (Phi) is 5.77. The molecule has 5 rings (SSSR count). The largest absolute Gasteiger partial charge is 0.494 e. The zero-order chi connectivity index (χ0) is 23.7. The molecule has 5 aromatic rings. The molecule has 0 aliphatic rings. The van der Waals surface area contributed by atoms with E-state index in [0.29, 0.717) is 34.3 Å². The van der Waals surface area contributed by atoms with Crippen LogP contribution in [-0.2, 0) is 11.3 Å². The fourth-order valence-corrected chi connectivity index (χ4v) is 4.06. The summed E-state index contributed by atoms with van der Waals surface area (Å²) in [5, 5.41) is 3.50. The number of hydrogen-bond donors (Lipinski definition) is 1. The normalized spacial score (nSPS) is 11.1. The fraction of sp³-hybridized carbons (Fsp3) is 0.115. The van der Waals surface area contributed by atoms with Gasteiger partial charge < -0.3 is 14.6 Å².